The first-order valence-electron chi connectivity index (χ1n) is 11.6. The molecule has 0 saturated carbocycles. The minimum absolute atomic E-state index is 0.0771. The molecule has 2 aliphatic rings. The molecule has 2 aliphatic heterocycles. The lowest BCUT2D eigenvalue weighted by atomic mass is 10.0. The predicted octanol–water partition coefficient (Wildman–Crippen LogP) is -0.233. The van der Waals surface area contributed by atoms with E-state index in [9.17, 15) is 33.6 Å². The Labute approximate surface area is 203 Å². The zero-order chi connectivity index (χ0) is 26.1. The SMILES string of the molecule is CC(C)[C@H](NC(=O)CCCCCN1C(=O)C=CC1=O)C(=O)N[C@@H](C)C(=O)OCN1C(=O)CCC1=O. The highest BCUT2D eigenvalue weighted by molar-refractivity contribution is 6.12. The number of ether oxygens (including phenoxy) is 1. The highest BCUT2D eigenvalue weighted by Gasteiger charge is 2.31. The monoisotopic (exact) mass is 492 g/mol. The van der Waals surface area contributed by atoms with E-state index in [-0.39, 0.29) is 49.4 Å². The molecule has 0 aromatic heterocycles. The molecule has 12 heteroatoms. The summed E-state index contributed by atoms with van der Waals surface area (Å²) in [6, 6.07) is -1.94. The molecule has 0 aromatic rings. The molecule has 2 atom stereocenters. The molecular formula is C23H32N4O8. The summed E-state index contributed by atoms with van der Waals surface area (Å²) < 4.78 is 4.97. The summed E-state index contributed by atoms with van der Waals surface area (Å²) in [4.78, 5) is 85.3. The lowest BCUT2D eigenvalue weighted by Gasteiger charge is -2.24. The van der Waals surface area contributed by atoms with Crippen LogP contribution in [-0.2, 0) is 38.3 Å². The third-order valence-corrected chi connectivity index (χ3v) is 5.65. The third-order valence-electron chi connectivity index (χ3n) is 5.65. The van der Waals surface area contributed by atoms with Gasteiger partial charge < -0.3 is 15.4 Å². The first-order valence-corrected chi connectivity index (χ1v) is 11.6. The van der Waals surface area contributed by atoms with Crippen LogP contribution < -0.4 is 10.6 Å². The average Bonchev–Trinajstić information content (AvgIpc) is 3.29. The molecular weight excluding hydrogens is 460 g/mol. The van der Waals surface area contributed by atoms with Crippen molar-refractivity contribution < 1.29 is 38.3 Å². The second kappa shape index (κ2) is 12.8. The number of nitrogens with one attached hydrogen (secondary N) is 2. The van der Waals surface area contributed by atoms with E-state index in [1.165, 1.54) is 19.1 Å². The number of hydrogen-bond acceptors (Lipinski definition) is 8. The normalized spacial score (nSPS) is 17.3. The number of likely N-dealkylation sites (tertiary alicyclic amines) is 1. The highest BCUT2D eigenvalue weighted by Crippen LogP contribution is 2.12. The number of esters is 1. The lowest BCUT2D eigenvalue weighted by Crippen LogP contribution is -2.53. The third kappa shape index (κ3) is 8.01. The van der Waals surface area contributed by atoms with Crippen LogP contribution in [0.25, 0.3) is 0 Å². The molecule has 0 spiro atoms. The first-order chi connectivity index (χ1) is 16.5. The van der Waals surface area contributed by atoms with E-state index >= 15 is 0 Å². The van der Waals surface area contributed by atoms with Crippen LogP contribution in [0.1, 0.15) is 59.3 Å². The summed E-state index contributed by atoms with van der Waals surface area (Å²) >= 11 is 0. The summed E-state index contributed by atoms with van der Waals surface area (Å²) in [6.45, 7) is 4.68. The van der Waals surface area contributed by atoms with Crippen LogP contribution in [0.3, 0.4) is 0 Å². The Bertz CT molecular complexity index is 879. The zero-order valence-corrected chi connectivity index (χ0v) is 20.2. The van der Waals surface area contributed by atoms with Gasteiger partial charge >= 0.3 is 5.97 Å². The van der Waals surface area contributed by atoms with Gasteiger partial charge in [0.2, 0.25) is 23.6 Å². The number of nitrogens with zero attached hydrogens (tertiary/aromatic N) is 2. The molecule has 0 unspecified atom stereocenters. The number of carbonyl (C=O) groups excluding carboxylic acids is 7. The summed E-state index contributed by atoms with van der Waals surface area (Å²) in [7, 11) is 0. The molecule has 0 bridgehead atoms. The number of carbonyl (C=O) groups is 7. The van der Waals surface area contributed by atoms with Gasteiger partial charge in [0.1, 0.15) is 12.1 Å². The van der Waals surface area contributed by atoms with Crippen molar-refractivity contribution in [3.63, 3.8) is 0 Å². The molecule has 2 rings (SSSR count). The van der Waals surface area contributed by atoms with Crippen LogP contribution in [0.4, 0.5) is 0 Å². The highest BCUT2D eigenvalue weighted by atomic mass is 16.5. The topological polar surface area (TPSA) is 159 Å². The van der Waals surface area contributed by atoms with Crippen LogP contribution in [0.2, 0.25) is 0 Å². The number of rotatable bonds is 13. The molecule has 6 amide bonds. The average molecular weight is 493 g/mol. The first kappa shape index (κ1) is 27.7. The van der Waals surface area contributed by atoms with E-state index in [0.717, 1.165) is 9.80 Å². The molecule has 35 heavy (non-hydrogen) atoms. The smallest absolute Gasteiger partial charge is 0.330 e. The maximum absolute atomic E-state index is 12.7. The molecule has 2 N–H and O–H groups in total. The van der Waals surface area contributed by atoms with E-state index in [0.29, 0.717) is 19.3 Å². The van der Waals surface area contributed by atoms with Gasteiger partial charge in [-0.3, -0.25) is 33.7 Å². The Kier molecular flexibility index (Phi) is 10.1. The molecule has 192 valence electrons. The van der Waals surface area contributed by atoms with Gasteiger partial charge in [-0.2, -0.15) is 0 Å². The molecule has 0 aliphatic carbocycles. The van der Waals surface area contributed by atoms with Crippen LogP contribution in [-0.4, -0.2) is 76.6 Å². The van der Waals surface area contributed by atoms with Gasteiger partial charge in [0.05, 0.1) is 0 Å². The van der Waals surface area contributed by atoms with Crippen molar-refractivity contribution in [3.8, 4) is 0 Å². The number of imide groups is 2. The largest absolute Gasteiger partial charge is 0.442 e. The Morgan fingerprint density at radius 1 is 0.886 bits per heavy atom. The van der Waals surface area contributed by atoms with Gasteiger partial charge in [-0.1, -0.05) is 20.3 Å². The summed E-state index contributed by atoms with van der Waals surface area (Å²) in [6.07, 6.45) is 4.46. The Morgan fingerprint density at radius 3 is 2.06 bits per heavy atom. The second-order valence-electron chi connectivity index (χ2n) is 8.80. The van der Waals surface area contributed by atoms with Crippen LogP contribution in [0.15, 0.2) is 12.2 Å². The van der Waals surface area contributed by atoms with E-state index in [2.05, 4.69) is 10.6 Å². The van der Waals surface area contributed by atoms with E-state index in [1.807, 2.05) is 0 Å². The maximum atomic E-state index is 12.7. The summed E-state index contributed by atoms with van der Waals surface area (Å²) in [5.41, 5.74) is 0. The molecule has 1 fully saturated rings. The van der Waals surface area contributed by atoms with Crippen molar-refractivity contribution in [1.29, 1.82) is 0 Å². The van der Waals surface area contributed by atoms with E-state index < -0.39 is 42.5 Å². The van der Waals surface area contributed by atoms with Gasteiger partial charge in [-0.25, -0.2) is 9.69 Å². The van der Waals surface area contributed by atoms with Crippen LogP contribution in [0, 0.1) is 5.92 Å². The lowest BCUT2D eigenvalue weighted by molar-refractivity contribution is -0.158. The molecule has 12 nitrogen and oxygen atoms in total. The predicted molar refractivity (Wildman–Crippen MR) is 121 cm³/mol. The standard InChI is InChI=1S/C23H32N4O8/c1-14(2)21(25-16(28)7-5-4-6-12-26-17(29)8-9-18(26)30)22(33)24-15(3)23(34)35-13-27-19(31)10-11-20(27)32/h8-9,14-15,21H,4-7,10-13H2,1-3H3,(H,24,33)(H,25,28)/t15-,21-/m0/s1. The second-order valence-corrected chi connectivity index (χ2v) is 8.80. The van der Waals surface area contributed by atoms with Crippen molar-refractivity contribution in [2.45, 2.75) is 71.4 Å². The van der Waals surface area contributed by atoms with Gasteiger partial charge in [0.15, 0.2) is 6.73 Å². The fourth-order valence-corrected chi connectivity index (χ4v) is 3.55. The zero-order valence-electron chi connectivity index (χ0n) is 20.2. The van der Waals surface area contributed by atoms with Gasteiger partial charge in [-0.05, 0) is 25.7 Å². The maximum Gasteiger partial charge on any atom is 0.330 e. The molecule has 0 radical (unpaired) electrons. The van der Waals surface area contributed by atoms with E-state index in [1.54, 1.807) is 13.8 Å². The Balaban J connectivity index is 1.71. The minimum atomic E-state index is -1.06. The van der Waals surface area contributed by atoms with Crippen LogP contribution >= 0.6 is 0 Å². The fraction of sp³-hybridized carbons (Fsp3) is 0.609. The Morgan fingerprint density at radius 2 is 1.49 bits per heavy atom. The fourth-order valence-electron chi connectivity index (χ4n) is 3.55. The van der Waals surface area contributed by atoms with Crippen molar-refractivity contribution in [2.24, 2.45) is 5.92 Å². The van der Waals surface area contributed by atoms with Crippen molar-refractivity contribution in [3.05, 3.63) is 12.2 Å². The summed E-state index contributed by atoms with van der Waals surface area (Å²) in [5, 5.41) is 5.15. The summed E-state index contributed by atoms with van der Waals surface area (Å²) in [5.74, 6) is -3.50. The molecule has 2 heterocycles. The van der Waals surface area contributed by atoms with Gasteiger partial charge in [0, 0.05) is 38.0 Å². The quantitative estimate of drug-likeness (QED) is 0.203. The van der Waals surface area contributed by atoms with Crippen molar-refractivity contribution >= 4 is 41.4 Å². The van der Waals surface area contributed by atoms with E-state index in [4.69, 9.17) is 4.74 Å². The number of unbranched alkanes of at least 4 members (excludes halogenated alkanes) is 2. The number of amides is 6. The van der Waals surface area contributed by atoms with Crippen molar-refractivity contribution in [2.75, 3.05) is 13.3 Å². The van der Waals surface area contributed by atoms with Gasteiger partial charge in [0.25, 0.3) is 11.8 Å². The Hall–Kier alpha value is -3.57. The molecule has 0 aromatic carbocycles. The van der Waals surface area contributed by atoms with Crippen molar-refractivity contribution in [1.82, 2.24) is 20.4 Å². The van der Waals surface area contributed by atoms with Crippen LogP contribution in [0.5, 0.6) is 0 Å². The number of hydrogen-bond donors (Lipinski definition) is 2. The van der Waals surface area contributed by atoms with Gasteiger partial charge in [-0.15, -0.1) is 0 Å². The molecule has 1 saturated heterocycles. The minimum Gasteiger partial charge on any atom is -0.442 e.